The van der Waals surface area contributed by atoms with Crippen LogP contribution < -0.4 is 10.9 Å². The number of aromatic nitrogens is 2. The molecule has 0 aliphatic heterocycles. The quantitative estimate of drug-likeness (QED) is 0.554. The van der Waals surface area contributed by atoms with Gasteiger partial charge >= 0.3 is 0 Å². The van der Waals surface area contributed by atoms with E-state index >= 15 is 0 Å². The highest BCUT2D eigenvalue weighted by Crippen LogP contribution is 2.16. The first kappa shape index (κ1) is 17.2. The largest absolute Gasteiger partial charge is 0.352 e. The predicted octanol–water partition coefficient (Wildman–Crippen LogP) is 3.47. The molecule has 27 heavy (non-hydrogen) atoms. The van der Waals surface area contributed by atoms with Crippen molar-refractivity contribution in [3.05, 3.63) is 93.4 Å². The first-order chi connectivity index (χ1) is 13.1. The van der Waals surface area contributed by atoms with Crippen molar-refractivity contribution in [1.82, 2.24) is 14.7 Å². The molecule has 0 aliphatic rings. The van der Waals surface area contributed by atoms with E-state index in [0.29, 0.717) is 33.7 Å². The summed E-state index contributed by atoms with van der Waals surface area (Å²) in [5.74, 6) is -0.226. The highest BCUT2D eigenvalue weighted by Gasteiger charge is 2.10. The van der Waals surface area contributed by atoms with Crippen LogP contribution in [-0.4, -0.2) is 21.8 Å². The summed E-state index contributed by atoms with van der Waals surface area (Å²) in [4.78, 5) is 29.6. The third-order valence-electron chi connectivity index (χ3n) is 4.38. The molecule has 2 aromatic carbocycles. The summed E-state index contributed by atoms with van der Waals surface area (Å²) >= 11 is 5.98. The van der Waals surface area contributed by atoms with E-state index in [1.54, 1.807) is 30.3 Å². The molecule has 4 aromatic rings. The van der Waals surface area contributed by atoms with E-state index in [9.17, 15) is 9.59 Å². The summed E-state index contributed by atoms with van der Waals surface area (Å²) in [6, 6.07) is 18.2. The van der Waals surface area contributed by atoms with Crippen molar-refractivity contribution in [2.45, 2.75) is 6.42 Å². The molecule has 4 rings (SSSR count). The third kappa shape index (κ3) is 3.55. The van der Waals surface area contributed by atoms with Gasteiger partial charge in [0.05, 0.1) is 16.5 Å². The lowest BCUT2D eigenvalue weighted by Crippen LogP contribution is -2.26. The van der Waals surface area contributed by atoms with Crippen LogP contribution in [0.2, 0.25) is 5.02 Å². The van der Waals surface area contributed by atoms with Gasteiger partial charge in [-0.2, -0.15) is 0 Å². The van der Waals surface area contributed by atoms with Gasteiger partial charge in [-0.3, -0.25) is 14.0 Å². The van der Waals surface area contributed by atoms with Crippen LogP contribution in [-0.2, 0) is 6.42 Å². The van der Waals surface area contributed by atoms with Crippen LogP contribution in [0.25, 0.3) is 16.6 Å². The molecule has 0 radical (unpaired) electrons. The molecule has 5 nitrogen and oxygen atoms in total. The first-order valence-corrected chi connectivity index (χ1v) is 8.93. The second kappa shape index (κ2) is 7.21. The second-order valence-corrected chi connectivity index (χ2v) is 6.65. The molecule has 0 unspecified atom stereocenters. The summed E-state index contributed by atoms with van der Waals surface area (Å²) in [5.41, 5.74) is 2.34. The number of carbonyl (C=O) groups excluding carboxylic acids is 1. The number of amides is 1. The summed E-state index contributed by atoms with van der Waals surface area (Å²) in [5, 5.41) is 3.86. The highest BCUT2D eigenvalue weighted by atomic mass is 35.5. The maximum atomic E-state index is 12.7. The van der Waals surface area contributed by atoms with E-state index in [-0.39, 0.29) is 11.5 Å². The molecular weight excluding hydrogens is 362 g/mol. The Morgan fingerprint density at radius 3 is 2.70 bits per heavy atom. The average molecular weight is 378 g/mol. The Labute approximate surface area is 160 Å². The minimum Gasteiger partial charge on any atom is -0.352 e. The van der Waals surface area contributed by atoms with Gasteiger partial charge < -0.3 is 5.32 Å². The zero-order chi connectivity index (χ0) is 18.8. The number of halogens is 1. The van der Waals surface area contributed by atoms with E-state index in [4.69, 9.17) is 11.6 Å². The smallest absolute Gasteiger partial charge is 0.265 e. The molecule has 0 saturated carbocycles. The van der Waals surface area contributed by atoms with Gasteiger partial charge in [-0.1, -0.05) is 41.9 Å². The van der Waals surface area contributed by atoms with Crippen molar-refractivity contribution in [1.29, 1.82) is 0 Å². The van der Waals surface area contributed by atoms with Crippen molar-refractivity contribution in [3.8, 4) is 0 Å². The van der Waals surface area contributed by atoms with Crippen LogP contribution in [0.5, 0.6) is 0 Å². The van der Waals surface area contributed by atoms with Gasteiger partial charge in [0.2, 0.25) is 0 Å². The number of nitrogens with zero attached hydrogens (tertiary/aromatic N) is 2. The van der Waals surface area contributed by atoms with Crippen molar-refractivity contribution >= 4 is 34.1 Å². The fourth-order valence-electron chi connectivity index (χ4n) is 2.98. The normalized spacial score (nSPS) is 11.0. The van der Waals surface area contributed by atoms with Gasteiger partial charge in [-0.05, 0) is 42.3 Å². The number of nitrogens with one attached hydrogen (secondary N) is 1. The van der Waals surface area contributed by atoms with Gasteiger partial charge in [0.1, 0.15) is 5.65 Å². The highest BCUT2D eigenvalue weighted by molar-refractivity contribution is 6.31. The molecule has 1 amide bonds. The van der Waals surface area contributed by atoms with E-state index < -0.39 is 0 Å². The number of rotatable bonds is 4. The van der Waals surface area contributed by atoms with Crippen molar-refractivity contribution in [2.75, 3.05) is 6.54 Å². The van der Waals surface area contributed by atoms with Crippen LogP contribution in [0.1, 0.15) is 15.9 Å². The fraction of sp³-hybridized carbons (Fsp3) is 0.0952. The summed E-state index contributed by atoms with van der Waals surface area (Å²) in [6.45, 7) is 0.518. The van der Waals surface area contributed by atoms with Gasteiger partial charge in [0, 0.05) is 17.8 Å². The molecular formula is C21H16ClN3O2. The fourth-order valence-corrected chi connectivity index (χ4v) is 3.15. The van der Waals surface area contributed by atoms with E-state index in [2.05, 4.69) is 10.3 Å². The monoisotopic (exact) mass is 377 g/mol. The summed E-state index contributed by atoms with van der Waals surface area (Å²) in [7, 11) is 0. The van der Waals surface area contributed by atoms with Gasteiger partial charge in [0.25, 0.3) is 11.5 Å². The maximum absolute atomic E-state index is 12.7. The third-order valence-corrected chi connectivity index (χ3v) is 4.61. The van der Waals surface area contributed by atoms with E-state index in [1.807, 2.05) is 30.3 Å². The lowest BCUT2D eigenvalue weighted by molar-refractivity contribution is 0.0953. The number of pyridine rings is 1. The maximum Gasteiger partial charge on any atom is 0.265 e. The lowest BCUT2D eigenvalue weighted by Gasteiger charge is -2.08. The van der Waals surface area contributed by atoms with Crippen LogP contribution in [0.15, 0.2) is 71.7 Å². The van der Waals surface area contributed by atoms with Crippen LogP contribution in [0.4, 0.5) is 0 Å². The van der Waals surface area contributed by atoms with Crippen LogP contribution >= 0.6 is 11.6 Å². The number of fused-ring (bicyclic) bond motifs is 2. The molecule has 2 heterocycles. The topological polar surface area (TPSA) is 63.5 Å². The van der Waals surface area contributed by atoms with Crippen molar-refractivity contribution in [2.24, 2.45) is 0 Å². The molecule has 0 fully saturated rings. The molecule has 0 atom stereocenters. The van der Waals surface area contributed by atoms with Gasteiger partial charge in [-0.15, -0.1) is 0 Å². The molecule has 1 N–H and O–H groups in total. The first-order valence-electron chi connectivity index (χ1n) is 8.56. The van der Waals surface area contributed by atoms with Crippen molar-refractivity contribution < 1.29 is 4.79 Å². The zero-order valence-corrected chi connectivity index (χ0v) is 15.1. The lowest BCUT2D eigenvalue weighted by atomic mass is 10.1. The molecule has 0 saturated heterocycles. The average Bonchev–Trinajstić information content (AvgIpc) is 2.68. The standard InChI is InChI=1S/C21H16ClN3O2/c22-16-7-8-17-18(12-16)24-19-9-6-15(13-25(19)21(17)27)20(26)23-11-10-14-4-2-1-3-5-14/h1-9,12-13H,10-11H2,(H,23,26). The Hall–Kier alpha value is -3.18. The van der Waals surface area contributed by atoms with E-state index in [0.717, 1.165) is 12.0 Å². The second-order valence-electron chi connectivity index (χ2n) is 6.22. The SMILES string of the molecule is O=C(NCCc1ccccc1)c1ccc2nc3cc(Cl)ccc3c(=O)n2c1. The van der Waals surface area contributed by atoms with Crippen molar-refractivity contribution in [3.63, 3.8) is 0 Å². The zero-order valence-electron chi connectivity index (χ0n) is 14.4. The molecule has 0 aliphatic carbocycles. The number of hydrogen-bond donors (Lipinski definition) is 1. The Balaban J connectivity index is 1.60. The minimum absolute atomic E-state index is 0.226. The minimum atomic E-state index is -0.231. The molecule has 134 valence electrons. The Kier molecular flexibility index (Phi) is 4.60. The molecule has 0 bridgehead atoms. The van der Waals surface area contributed by atoms with Crippen LogP contribution in [0, 0.1) is 0 Å². The predicted molar refractivity (Wildman–Crippen MR) is 106 cm³/mol. The molecule has 0 spiro atoms. The Morgan fingerprint density at radius 1 is 1.07 bits per heavy atom. The van der Waals surface area contributed by atoms with Crippen LogP contribution in [0.3, 0.4) is 0 Å². The van der Waals surface area contributed by atoms with Gasteiger partial charge in [-0.25, -0.2) is 4.98 Å². The summed E-state index contributed by atoms with van der Waals surface area (Å²) in [6.07, 6.45) is 2.27. The number of carbonyl (C=O) groups is 1. The Morgan fingerprint density at radius 2 is 1.89 bits per heavy atom. The summed E-state index contributed by atoms with van der Waals surface area (Å²) < 4.78 is 1.39. The Bertz CT molecular complexity index is 1200. The van der Waals surface area contributed by atoms with E-state index in [1.165, 1.54) is 10.6 Å². The number of benzene rings is 2. The molecule has 6 heteroatoms. The van der Waals surface area contributed by atoms with Gasteiger partial charge in [0.15, 0.2) is 0 Å². The molecule has 2 aromatic heterocycles. The number of hydrogen-bond acceptors (Lipinski definition) is 3.